The number of nitrogens with two attached hydrogens (primary N) is 1. The second-order valence-electron chi connectivity index (χ2n) is 4.26. The van der Waals surface area contributed by atoms with Crippen LogP contribution in [-0.4, -0.2) is 43.8 Å². The van der Waals surface area contributed by atoms with Gasteiger partial charge in [-0.25, -0.2) is 0 Å². The zero-order chi connectivity index (χ0) is 9.10. The molecule has 0 radical (unpaired) electrons. The van der Waals surface area contributed by atoms with Crippen molar-refractivity contribution in [2.24, 2.45) is 11.7 Å². The van der Waals surface area contributed by atoms with Gasteiger partial charge in [0.2, 0.25) is 0 Å². The van der Waals surface area contributed by atoms with Crippen molar-refractivity contribution in [2.45, 2.75) is 25.3 Å². The molecule has 2 rings (SSSR count). The largest absolute Gasteiger partial charge is 0.380 e. The molecule has 0 aliphatic carbocycles. The number of piperidine rings is 1. The molecule has 2 fully saturated rings. The molecule has 13 heavy (non-hydrogen) atoms. The molecule has 2 aliphatic rings. The molecule has 0 aromatic heterocycles. The van der Waals surface area contributed by atoms with Crippen LogP contribution in [0.2, 0.25) is 0 Å². The molecule has 0 saturated carbocycles. The van der Waals surface area contributed by atoms with E-state index >= 15 is 0 Å². The normalized spacial score (nSPS) is 36.7. The Balaban J connectivity index is 1.84. The van der Waals surface area contributed by atoms with E-state index in [1.807, 2.05) is 0 Å². The van der Waals surface area contributed by atoms with Crippen molar-refractivity contribution in [2.75, 3.05) is 32.8 Å². The fraction of sp³-hybridized carbons (Fsp3) is 1.00. The highest BCUT2D eigenvalue weighted by Gasteiger charge is 2.27. The van der Waals surface area contributed by atoms with E-state index in [-0.39, 0.29) is 0 Å². The van der Waals surface area contributed by atoms with Crippen molar-refractivity contribution >= 4 is 0 Å². The summed E-state index contributed by atoms with van der Waals surface area (Å²) in [4.78, 5) is 2.58. The number of nitrogens with zero attached hydrogens (tertiary/aromatic N) is 1. The number of ether oxygens (including phenoxy) is 1. The zero-order valence-electron chi connectivity index (χ0n) is 8.24. The minimum Gasteiger partial charge on any atom is -0.380 e. The lowest BCUT2D eigenvalue weighted by molar-refractivity contribution is 0.105. The molecular formula is C10H20N2O. The van der Waals surface area contributed by atoms with Gasteiger partial charge >= 0.3 is 0 Å². The first-order chi connectivity index (χ1) is 6.40. The maximum Gasteiger partial charge on any atom is 0.0622 e. The Morgan fingerprint density at radius 3 is 3.00 bits per heavy atom. The van der Waals surface area contributed by atoms with Gasteiger partial charge in [-0.15, -0.1) is 0 Å². The first-order valence-corrected chi connectivity index (χ1v) is 5.42. The van der Waals surface area contributed by atoms with Crippen LogP contribution in [0.5, 0.6) is 0 Å². The molecule has 2 heterocycles. The zero-order valence-corrected chi connectivity index (χ0v) is 8.24. The van der Waals surface area contributed by atoms with Crippen molar-refractivity contribution in [3.63, 3.8) is 0 Å². The van der Waals surface area contributed by atoms with E-state index in [1.54, 1.807) is 0 Å². The third-order valence-corrected chi connectivity index (χ3v) is 3.31. The highest BCUT2D eigenvalue weighted by Crippen LogP contribution is 2.21. The number of rotatable bonds is 2. The summed E-state index contributed by atoms with van der Waals surface area (Å²) < 4.78 is 5.41. The summed E-state index contributed by atoms with van der Waals surface area (Å²) in [6.07, 6.45) is 3.86. The predicted octanol–water partition coefficient (Wildman–Crippen LogP) is 0.446. The van der Waals surface area contributed by atoms with E-state index < -0.39 is 0 Å². The maximum atomic E-state index is 5.71. The second-order valence-corrected chi connectivity index (χ2v) is 4.26. The van der Waals surface area contributed by atoms with Crippen LogP contribution in [0.3, 0.4) is 0 Å². The number of hydrogen-bond acceptors (Lipinski definition) is 3. The summed E-state index contributed by atoms with van der Waals surface area (Å²) in [5, 5.41) is 0. The average Bonchev–Trinajstić information content (AvgIpc) is 2.71. The van der Waals surface area contributed by atoms with E-state index in [9.17, 15) is 0 Å². The summed E-state index contributed by atoms with van der Waals surface area (Å²) >= 11 is 0. The molecule has 76 valence electrons. The van der Waals surface area contributed by atoms with Gasteiger partial charge in [-0.1, -0.05) is 0 Å². The molecule has 2 aliphatic heterocycles. The highest BCUT2D eigenvalue weighted by atomic mass is 16.5. The van der Waals surface area contributed by atoms with Gasteiger partial charge in [-0.3, -0.25) is 4.90 Å². The van der Waals surface area contributed by atoms with Gasteiger partial charge in [-0.05, 0) is 38.3 Å². The minimum absolute atomic E-state index is 0.689. The molecule has 2 saturated heterocycles. The minimum atomic E-state index is 0.689. The highest BCUT2D eigenvalue weighted by molar-refractivity contribution is 4.81. The predicted molar refractivity (Wildman–Crippen MR) is 52.6 cm³/mol. The molecule has 3 nitrogen and oxygen atoms in total. The van der Waals surface area contributed by atoms with Gasteiger partial charge in [0.25, 0.3) is 0 Å². The monoisotopic (exact) mass is 184 g/mol. The summed E-state index contributed by atoms with van der Waals surface area (Å²) in [6, 6.07) is 0.689. The summed E-state index contributed by atoms with van der Waals surface area (Å²) in [7, 11) is 0. The lowest BCUT2D eigenvalue weighted by Crippen LogP contribution is -2.44. The Morgan fingerprint density at radius 2 is 2.31 bits per heavy atom. The molecule has 0 bridgehead atoms. The van der Waals surface area contributed by atoms with E-state index in [0.717, 1.165) is 25.7 Å². The van der Waals surface area contributed by atoms with Crippen LogP contribution in [0.25, 0.3) is 0 Å². The van der Waals surface area contributed by atoms with E-state index in [1.165, 1.54) is 32.4 Å². The summed E-state index contributed by atoms with van der Waals surface area (Å²) in [5.74, 6) is 0.731. The number of likely N-dealkylation sites (tertiary alicyclic amines) is 1. The van der Waals surface area contributed by atoms with Crippen LogP contribution in [-0.2, 0) is 4.74 Å². The molecule has 0 aromatic carbocycles. The fourth-order valence-electron chi connectivity index (χ4n) is 2.43. The van der Waals surface area contributed by atoms with Crippen molar-refractivity contribution in [1.29, 1.82) is 0 Å². The van der Waals surface area contributed by atoms with Gasteiger partial charge in [-0.2, -0.15) is 0 Å². The molecule has 0 amide bonds. The van der Waals surface area contributed by atoms with Gasteiger partial charge in [0.1, 0.15) is 0 Å². The molecule has 0 spiro atoms. The smallest absolute Gasteiger partial charge is 0.0622 e. The first-order valence-electron chi connectivity index (χ1n) is 5.42. The standard InChI is InChI=1S/C10H20N2O/c11-6-9-2-1-4-12(7-9)10-3-5-13-8-10/h9-10H,1-8,11H2. The maximum absolute atomic E-state index is 5.71. The van der Waals surface area contributed by atoms with Crippen LogP contribution in [0.15, 0.2) is 0 Å². The van der Waals surface area contributed by atoms with Crippen LogP contribution >= 0.6 is 0 Å². The first kappa shape index (κ1) is 9.44. The third-order valence-electron chi connectivity index (χ3n) is 3.31. The van der Waals surface area contributed by atoms with Crippen LogP contribution in [0.1, 0.15) is 19.3 Å². The van der Waals surface area contributed by atoms with Gasteiger partial charge in [0.15, 0.2) is 0 Å². The Bertz CT molecular complexity index is 157. The lowest BCUT2D eigenvalue weighted by atomic mass is 9.97. The Morgan fingerprint density at radius 1 is 1.38 bits per heavy atom. The van der Waals surface area contributed by atoms with E-state index in [4.69, 9.17) is 10.5 Å². The fourth-order valence-corrected chi connectivity index (χ4v) is 2.43. The Kier molecular flexibility index (Phi) is 3.19. The quantitative estimate of drug-likeness (QED) is 0.677. The SMILES string of the molecule is NCC1CCCN(C2CCOC2)C1. The van der Waals surface area contributed by atoms with Crippen LogP contribution in [0.4, 0.5) is 0 Å². The molecule has 2 unspecified atom stereocenters. The Hall–Kier alpha value is -0.120. The van der Waals surface area contributed by atoms with Gasteiger partial charge in [0, 0.05) is 19.2 Å². The van der Waals surface area contributed by atoms with Crippen molar-refractivity contribution < 1.29 is 4.74 Å². The van der Waals surface area contributed by atoms with Gasteiger partial charge < -0.3 is 10.5 Å². The number of hydrogen-bond donors (Lipinski definition) is 1. The molecular weight excluding hydrogens is 164 g/mol. The molecule has 0 aromatic rings. The van der Waals surface area contributed by atoms with Crippen molar-refractivity contribution in [3.05, 3.63) is 0 Å². The Labute approximate surface area is 80.2 Å². The summed E-state index contributed by atoms with van der Waals surface area (Å²) in [5.41, 5.74) is 5.71. The molecule has 2 atom stereocenters. The summed E-state index contributed by atoms with van der Waals surface area (Å²) in [6.45, 7) is 5.20. The lowest BCUT2D eigenvalue weighted by Gasteiger charge is -2.35. The second kappa shape index (κ2) is 4.40. The van der Waals surface area contributed by atoms with Crippen LogP contribution < -0.4 is 5.73 Å². The van der Waals surface area contributed by atoms with Crippen LogP contribution in [0, 0.1) is 5.92 Å². The van der Waals surface area contributed by atoms with E-state index in [2.05, 4.69) is 4.90 Å². The van der Waals surface area contributed by atoms with Crippen molar-refractivity contribution in [3.8, 4) is 0 Å². The topological polar surface area (TPSA) is 38.5 Å². The van der Waals surface area contributed by atoms with E-state index in [0.29, 0.717) is 6.04 Å². The third kappa shape index (κ3) is 2.22. The molecule has 3 heteroatoms. The molecule has 2 N–H and O–H groups in total. The van der Waals surface area contributed by atoms with Gasteiger partial charge in [0.05, 0.1) is 6.61 Å². The van der Waals surface area contributed by atoms with Crippen molar-refractivity contribution in [1.82, 2.24) is 4.90 Å². The average molecular weight is 184 g/mol.